The molecule has 112 valence electrons. The van der Waals surface area contributed by atoms with Crippen molar-refractivity contribution in [3.63, 3.8) is 0 Å². The maximum absolute atomic E-state index is 12.4. The second-order valence-electron chi connectivity index (χ2n) is 3.88. The number of nitrogens with one attached hydrogen (secondary N) is 1. The summed E-state index contributed by atoms with van der Waals surface area (Å²) in [6, 6.07) is 3.08. The van der Waals surface area contributed by atoms with E-state index in [-0.39, 0.29) is 17.3 Å². The molecule has 0 saturated heterocycles. The van der Waals surface area contributed by atoms with E-state index in [9.17, 15) is 18.0 Å². The van der Waals surface area contributed by atoms with Crippen LogP contribution in [-0.2, 0) is 15.7 Å². The Balaban J connectivity index is 2.55. The third-order valence-corrected chi connectivity index (χ3v) is 3.41. The maximum Gasteiger partial charge on any atom is 0.416 e. The van der Waals surface area contributed by atoms with Crippen LogP contribution < -0.4 is 11.1 Å². The minimum absolute atomic E-state index is 0.00881. The summed E-state index contributed by atoms with van der Waals surface area (Å²) in [5.74, 6) is -0.148. The molecule has 4 nitrogen and oxygen atoms in total. The number of benzene rings is 1. The van der Waals surface area contributed by atoms with Crippen LogP contribution in [-0.4, -0.2) is 31.9 Å². The number of carbonyl (C=O) groups is 1. The fourth-order valence-electron chi connectivity index (χ4n) is 1.34. The lowest BCUT2D eigenvalue weighted by molar-refractivity contribution is -0.137. The number of hydrogen-bond acceptors (Lipinski definition) is 4. The van der Waals surface area contributed by atoms with E-state index < -0.39 is 11.7 Å². The summed E-state index contributed by atoms with van der Waals surface area (Å²) < 4.78 is 42.1. The Morgan fingerprint density at radius 1 is 1.45 bits per heavy atom. The third-order valence-electron chi connectivity index (χ3n) is 2.32. The van der Waals surface area contributed by atoms with Gasteiger partial charge in [0.15, 0.2) is 0 Å². The molecule has 3 N–H and O–H groups in total. The van der Waals surface area contributed by atoms with Gasteiger partial charge in [0.2, 0.25) is 5.91 Å². The van der Waals surface area contributed by atoms with Crippen molar-refractivity contribution in [3.05, 3.63) is 23.8 Å². The average Bonchev–Trinajstić information content (AvgIpc) is 2.36. The molecular formula is C12H15F3N2O2S. The Morgan fingerprint density at radius 3 is 2.70 bits per heavy atom. The van der Waals surface area contributed by atoms with E-state index >= 15 is 0 Å². The van der Waals surface area contributed by atoms with Crippen molar-refractivity contribution < 1.29 is 22.7 Å². The van der Waals surface area contributed by atoms with Gasteiger partial charge in [-0.1, -0.05) is 0 Å². The summed E-state index contributed by atoms with van der Waals surface area (Å²) in [6.45, 7) is 0.789. The molecule has 0 fully saturated rings. The minimum Gasteiger partial charge on any atom is -0.398 e. The fourth-order valence-corrected chi connectivity index (χ4v) is 2.12. The van der Waals surface area contributed by atoms with Crippen LogP contribution in [0.1, 0.15) is 5.56 Å². The largest absolute Gasteiger partial charge is 0.416 e. The first-order chi connectivity index (χ1) is 9.34. The van der Waals surface area contributed by atoms with Gasteiger partial charge in [0.1, 0.15) is 0 Å². The molecule has 0 aliphatic rings. The number of halogens is 3. The summed E-state index contributed by atoms with van der Waals surface area (Å²) >= 11 is 1.09. The van der Waals surface area contributed by atoms with Crippen LogP contribution >= 0.6 is 11.8 Å². The Labute approximate surface area is 118 Å². The molecule has 8 heteroatoms. The number of carbonyl (C=O) groups excluding carboxylic acids is 1. The molecule has 0 spiro atoms. The monoisotopic (exact) mass is 308 g/mol. The smallest absolute Gasteiger partial charge is 0.398 e. The highest BCUT2D eigenvalue weighted by Gasteiger charge is 2.30. The first-order valence-electron chi connectivity index (χ1n) is 5.69. The Hall–Kier alpha value is -1.41. The molecule has 0 saturated carbocycles. The number of thioether (sulfide) groups is 1. The van der Waals surface area contributed by atoms with Crippen molar-refractivity contribution in [1.82, 2.24) is 5.32 Å². The molecule has 0 radical (unpaired) electrons. The number of anilines is 1. The number of nitrogens with two attached hydrogens (primary N) is 1. The van der Waals surface area contributed by atoms with Gasteiger partial charge >= 0.3 is 6.18 Å². The molecule has 0 heterocycles. The number of hydrogen-bond donors (Lipinski definition) is 2. The van der Waals surface area contributed by atoms with Gasteiger partial charge in [-0.2, -0.15) is 13.2 Å². The number of nitrogen functional groups attached to an aromatic ring is 1. The van der Waals surface area contributed by atoms with Crippen molar-refractivity contribution in [1.29, 1.82) is 0 Å². The fraction of sp³-hybridized carbons (Fsp3) is 0.417. The van der Waals surface area contributed by atoms with Crippen LogP contribution in [0.15, 0.2) is 23.1 Å². The number of ether oxygens (including phenoxy) is 1. The van der Waals surface area contributed by atoms with Gasteiger partial charge in [0.05, 0.1) is 17.9 Å². The van der Waals surface area contributed by atoms with Crippen molar-refractivity contribution in [2.45, 2.75) is 11.1 Å². The van der Waals surface area contributed by atoms with Crippen molar-refractivity contribution in [2.75, 3.05) is 31.7 Å². The summed E-state index contributed by atoms with van der Waals surface area (Å²) in [6.07, 6.45) is -4.42. The van der Waals surface area contributed by atoms with E-state index in [4.69, 9.17) is 10.5 Å². The lowest BCUT2D eigenvalue weighted by Gasteiger charge is -2.10. The second kappa shape index (κ2) is 7.39. The zero-order valence-corrected chi connectivity index (χ0v) is 11.6. The number of methoxy groups -OCH3 is 1. The number of amides is 1. The first kappa shape index (κ1) is 16.6. The van der Waals surface area contributed by atoms with Crippen LogP contribution in [0.25, 0.3) is 0 Å². The van der Waals surface area contributed by atoms with Crippen LogP contribution in [0.3, 0.4) is 0 Å². The van der Waals surface area contributed by atoms with E-state index in [0.29, 0.717) is 18.0 Å². The molecule has 1 amide bonds. The molecule has 1 aromatic rings. The van der Waals surface area contributed by atoms with Crippen molar-refractivity contribution >= 4 is 23.4 Å². The molecule has 20 heavy (non-hydrogen) atoms. The van der Waals surface area contributed by atoms with Gasteiger partial charge in [0.25, 0.3) is 0 Å². The normalized spacial score (nSPS) is 11.4. The van der Waals surface area contributed by atoms with Crippen molar-refractivity contribution in [3.8, 4) is 0 Å². The molecule has 1 rings (SSSR count). The quantitative estimate of drug-likeness (QED) is 0.480. The van der Waals surface area contributed by atoms with Gasteiger partial charge in [-0.3, -0.25) is 4.79 Å². The molecule has 0 bridgehead atoms. The molecule has 1 aromatic carbocycles. The van der Waals surface area contributed by atoms with Gasteiger partial charge in [0, 0.05) is 24.2 Å². The minimum atomic E-state index is -4.42. The third kappa shape index (κ3) is 5.30. The highest BCUT2D eigenvalue weighted by molar-refractivity contribution is 8.00. The molecule has 0 aromatic heterocycles. The predicted molar refractivity (Wildman–Crippen MR) is 71.5 cm³/mol. The standard InChI is InChI=1S/C12H15F3N2O2S/c1-19-5-4-17-11(18)7-20-10-3-2-8(6-9(10)16)12(13,14)15/h2-3,6H,4-5,7,16H2,1H3,(H,17,18). The Bertz CT molecular complexity index is 467. The molecule has 0 unspecified atom stereocenters. The molecular weight excluding hydrogens is 293 g/mol. The van der Waals surface area contributed by atoms with Crippen LogP contribution in [0.2, 0.25) is 0 Å². The van der Waals surface area contributed by atoms with Gasteiger partial charge in [-0.05, 0) is 18.2 Å². The van der Waals surface area contributed by atoms with E-state index in [2.05, 4.69) is 5.32 Å². The Kier molecular flexibility index (Phi) is 6.15. The van der Waals surface area contributed by atoms with Crippen LogP contribution in [0, 0.1) is 0 Å². The van der Waals surface area contributed by atoms with Gasteiger partial charge in [-0.15, -0.1) is 11.8 Å². The van der Waals surface area contributed by atoms with E-state index in [1.165, 1.54) is 13.2 Å². The van der Waals surface area contributed by atoms with Gasteiger partial charge in [-0.25, -0.2) is 0 Å². The van der Waals surface area contributed by atoms with E-state index in [1.807, 2.05) is 0 Å². The van der Waals surface area contributed by atoms with Gasteiger partial charge < -0.3 is 15.8 Å². The summed E-state index contributed by atoms with van der Waals surface area (Å²) in [5, 5.41) is 2.60. The highest BCUT2D eigenvalue weighted by Crippen LogP contribution is 2.34. The summed E-state index contributed by atoms with van der Waals surface area (Å²) in [4.78, 5) is 11.9. The number of alkyl halides is 3. The Morgan fingerprint density at radius 2 is 2.15 bits per heavy atom. The zero-order chi connectivity index (χ0) is 15.2. The predicted octanol–water partition coefficient (Wildman–Crippen LogP) is 2.14. The van der Waals surface area contributed by atoms with Crippen molar-refractivity contribution in [2.24, 2.45) is 0 Å². The lowest BCUT2D eigenvalue weighted by atomic mass is 10.2. The molecule has 0 aliphatic carbocycles. The first-order valence-corrected chi connectivity index (χ1v) is 6.68. The second-order valence-corrected chi connectivity index (χ2v) is 4.90. The summed E-state index contributed by atoms with van der Waals surface area (Å²) in [5.41, 5.74) is 4.76. The summed E-state index contributed by atoms with van der Waals surface area (Å²) in [7, 11) is 1.52. The molecule has 0 aliphatic heterocycles. The topological polar surface area (TPSA) is 64.3 Å². The lowest BCUT2D eigenvalue weighted by Crippen LogP contribution is -2.28. The highest BCUT2D eigenvalue weighted by atomic mass is 32.2. The number of rotatable bonds is 6. The van der Waals surface area contributed by atoms with Crippen LogP contribution in [0.5, 0.6) is 0 Å². The average molecular weight is 308 g/mol. The molecule has 0 atom stereocenters. The van der Waals surface area contributed by atoms with Crippen LogP contribution in [0.4, 0.5) is 18.9 Å². The SMILES string of the molecule is COCCNC(=O)CSc1ccc(C(F)(F)F)cc1N. The van der Waals surface area contributed by atoms with E-state index in [1.54, 1.807) is 0 Å². The van der Waals surface area contributed by atoms with E-state index in [0.717, 1.165) is 23.9 Å². The zero-order valence-electron chi connectivity index (χ0n) is 10.8. The maximum atomic E-state index is 12.4.